The molecule has 6 rings (SSSR count). The molecule has 1 saturated heterocycles. The highest BCUT2D eigenvalue weighted by atomic mass is 35.5. The van der Waals surface area contributed by atoms with E-state index >= 15 is 0 Å². The molecular weight excluding hydrogens is 514 g/mol. The topological polar surface area (TPSA) is 79.2 Å². The van der Waals surface area contributed by atoms with Gasteiger partial charge in [0.1, 0.15) is 23.9 Å². The van der Waals surface area contributed by atoms with Gasteiger partial charge >= 0.3 is 0 Å². The summed E-state index contributed by atoms with van der Waals surface area (Å²) in [7, 11) is 1.59. The third-order valence-electron chi connectivity index (χ3n) is 6.81. The van der Waals surface area contributed by atoms with Crippen LogP contribution in [-0.2, 0) is 11.2 Å². The molecule has 0 amide bonds. The second kappa shape index (κ2) is 10.2. The number of benzene rings is 2. The summed E-state index contributed by atoms with van der Waals surface area (Å²) in [4.78, 5) is 14.6. The molecule has 8 nitrogen and oxygen atoms in total. The number of aromatic amines is 1. The Hall–Kier alpha value is -3.76. The lowest BCUT2D eigenvalue weighted by Gasteiger charge is -2.30. The van der Waals surface area contributed by atoms with E-state index in [9.17, 15) is 8.78 Å². The van der Waals surface area contributed by atoms with Gasteiger partial charge < -0.3 is 19.7 Å². The zero-order valence-electron chi connectivity index (χ0n) is 20.6. The summed E-state index contributed by atoms with van der Waals surface area (Å²) in [5.74, 6) is 1.35. The number of halogens is 3. The number of H-pyrrole nitrogens is 1. The van der Waals surface area contributed by atoms with Crippen molar-refractivity contribution in [2.75, 3.05) is 37.0 Å². The first-order valence-electron chi connectivity index (χ1n) is 12.4. The summed E-state index contributed by atoms with van der Waals surface area (Å²) >= 11 is 6.04. The largest absolute Gasteiger partial charge is 0.492 e. The van der Waals surface area contributed by atoms with E-state index in [1.165, 1.54) is 12.1 Å². The van der Waals surface area contributed by atoms with E-state index in [1.807, 2.05) is 27.7 Å². The number of methoxy groups -OCH3 is 1. The molecule has 2 atom stereocenters. The maximum absolute atomic E-state index is 14.2. The van der Waals surface area contributed by atoms with Crippen molar-refractivity contribution in [3.05, 3.63) is 82.8 Å². The molecule has 1 unspecified atom stereocenters. The van der Waals surface area contributed by atoms with Crippen LogP contribution in [0, 0.1) is 5.82 Å². The molecule has 0 aliphatic carbocycles. The molecule has 4 aromatic rings. The second-order valence-corrected chi connectivity index (χ2v) is 9.70. The van der Waals surface area contributed by atoms with Crippen LogP contribution in [0.25, 0.3) is 5.69 Å². The number of hydrogen-bond acceptors (Lipinski definition) is 6. The van der Waals surface area contributed by atoms with Gasteiger partial charge in [0.15, 0.2) is 17.6 Å². The van der Waals surface area contributed by atoms with Gasteiger partial charge in [-0.05, 0) is 47.9 Å². The van der Waals surface area contributed by atoms with Crippen molar-refractivity contribution in [1.29, 1.82) is 0 Å². The van der Waals surface area contributed by atoms with Crippen LogP contribution in [0.4, 0.5) is 26.2 Å². The van der Waals surface area contributed by atoms with Crippen LogP contribution < -0.4 is 19.5 Å². The lowest BCUT2D eigenvalue weighted by atomic mass is 9.98. The summed E-state index contributed by atoms with van der Waals surface area (Å²) in [5.41, 5.74) is 3.92. The van der Waals surface area contributed by atoms with Gasteiger partial charge in [-0.1, -0.05) is 12.1 Å². The number of anilines is 3. The SMILES string of the molecule is COc1cc(Nc2nc3c(c(N4CC[C@H](F)C4)n2)CCOC3c2ccc(F)cc2)ccc1-[n+]1c[nH]c(Cl)c1. The van der Waals surface area contributed by atoms with Crippen molar-refractivity contribution in [3.63, 3.8) is 0 Å². The normalized spacial score (nSPS) is 18.9. The molecule has 11 heteroatoms. The van der Waals surface area contributed by atoms with Gasteiger partial charge in [-0.3, -0.25) is 0 Å². The minimum atomic E-state index is -0.902. The molecule has 2 N–H and O–H groups in total. The molecule has 0 saturated carbocycles. The molecule has 0 bridgehead atoms. The zero-order chi connectivity index (χ0) is 26.2. The monoisotopic (exact) mass is 539 g/mol. The summed E-state index contributed by atoms with van der Waals surface area (Å²) in [6.45, 7) is 1.32. The Morgan fingerprint density at radius 3 is 2.76 bits per heavy atom. The number of ether oxygens (including phenoxy) is 2. The highest BCUT2D eigenvalue weighted by Crippen LogP contribution is 2.38. The van der Waals surface area contributed by atoms with E-state index in [4.69, 9.17) is 31.0 Å². The van der Waals surface area contributed by atoms with Crippen LogP contribution >= 0.6 is 11.6 Å². The predicted molar refractivity (Wildman–Crippen MR) is 139 cm³/mol. The van der Waals surface area contributed by atoms with E-state index in [0.29, 0.717) is 60.0 Å². The minimum Gasteiger partial charge on any atom is -0.492 e. The Morgan fingerprint density at radius 1 is 1.21 bits per heavy atom. The molecule has 2 aromatic carbocycles. The van der Waals surface area contributed by atoms with Crippen LogP contribution in [0.15, 0.2) is 55.0 Å². The number of alkyl halides is 1. The fourth-order valence-corrected chi connectivity index (χ4v) is 5.14. The quantitative estimate of drug-likeness (QED) is 0.342. The zero-order valence-corrected chi connectivity index (χ0v) is 21.4. The van der Waals surface area contributed by atoms with Gasteiger partial charge in [0.2, 0.25) is 17.4 Å². The predicted octanol–water partition coefficient (Wildman–Crippen LogP) is 4.84. The van der Waals surface area contributed by atoms with Crippen LogP contribution in [0.2, 0.25) is 5.15 Å². The Kier molecular flexibility index (Phi) is 6.59. The highest BCUT2D eigenvalue weighted by molar-refractivity contribution is 6.29. The number of rotatable bonds is 6. The van der Waals surface area contributed by atoms with Crippen molar-refractivity contribution in [2.45, 2.75) is 25.1 Å². The molecule has 2 aliphatic rings. The van der Waals surface area contributed by atoms with Gasteiger partial charge in [0, 0.05) is 30.3 Å². The van der Waals surface area contributed by atoms with Crippen molar-refractivity contribution >= 4 is 29.1 Å². The molecular formula is C27H26ClF2N6O2+. The van der Waals surface area contributed by atoms with Gasteiger partial charge in [-0.2, -0.15) is 9.55 Å². The lowest BCUT2D eigenvalue weighted by Crippen LogP contribution is -2.28. The highest BCUT2D eigenvalue weighted by Gasteiger charge is 2.32. The fraction of sp³-hybridized carbons (Fsp3) is 0.296. The molecule has 0 spiro atoms. The molecule has 196 valence electrons. The van der Waals surface area contributed by atoms with Crippen LogP contribution in [0.5, 0.6) is 5.75 Å². The van der Waals surface area contributed by atoms with E-state index in [1.54, 1.807) is 31.8 Å². The standard InChI is InChI=1S/C27H25ClF2N6O2/c1-37-22-12-19(6-7-21(22)36-14-23(28)31-15-36)32-27-33-24-20(26(34-27)35-10-8-18(30)13-35)9-11-38-25(24)16-2-4-17(29)5-3-16/h2-7,12,14-15,18,25H,8-11,13H2,1H3,(H,32,33,34)/p+1/t18-,25?/m0/s1. The second-order valence-electron chi connectivity index (χ2n) is 9.29. The van der Waals surface area contributed by atoms with Crippen LogP contribution in [-0.4, -0.2) is 47.9 Å². The average molecular weight is 540 g/mol. The van der Waals surface area contributed by atoms with Crippen molar-refractivity contribution < 1.29 is 22.8 Å². The Balaban J connectivity index is 1.39. The van der Waals surface area contributed by atoms with Gasteiger partial charge in [-0.25, -0.2) is 18.7 Å². The van der Waals surface area contributed by atoms with Gasteiger partial charge in [0.25, 0.3) is 0 Å². The van der Waals surface area contributed by atoms with E-state index in [2.05, 4.69) is 10.3 Å². The number of fused-ring (bicyclic) bond motifs is 1. The molecule has 0 radical (unpaired) electrons. The van der Waals surface area contributed by atoms with Crippen molar-refractivity contribution in [3.8, 4) is 11.4 Å². The number of imidazole rings is 1. The first-order chi connectivity index (χ1) is 18.5. The smallest absolute Gasteiger partial charge is 0.248 e. The number of aromatic nitrogens is 4. The molecule has 4 heterocycles. The summed E-state index contributed by atoms with van der Waals surface area (Å²) < 4.78 is 41.4. The van der Waals surface area contributed by atoms with E-state index < -0.39 is 12.3 Å². The van der Waals surface area contributed by atoms with Crippen LogP contribution in [0.1, 0.15) is 29.3 Å². The third-order valence-corrected chi connectivity index (χ3v) is 7.02. The molecule has 38 heavy (non-hydrogen) atoms. The Morgan fingerprint density at radius 2 is 2.05 bits per heavy atom. The van der Waals surface area contributed by atoms with E-state index in [0.717, 1.165) is 16.8 Å². The van der Waals surface area contributed by atoms with Gasteiger partial charge in [-0.15, -0.1) is 0 Å². The summed E-state index contributed by atoms with van der Waals surface area (Å²) in [5, 5.41) is 3.79. The maximum Gasteiger partial charge on any atom is 0.248 e. The van der Waals surface area contributed by atoms with Crippen LogP contribution in [0.3, 0.4) is 0 Å². The Bertz CT molecular complexity index is 1460. The number of nitrogens with zero attached hydrogens (tertiary/aromatic N) is 4. The molecule has 2 aliphatic heterocycles. The number of hydrogen-bond donors (Lipinski definition) is 2. The summed E-state index contributed by atoms with van der Waals surface area (Å²) in [6.07, 6.45) is 3.15. The number of nitrogens with one attached hydrogen (secondary N) is 2. The third kappa shape index (κ3) is 4.77. The molecule has 1 fully saturated rings. The van der Waals surface area contributed by atoms with E-state index in [-0.39, 0.29) is 12.4 Å². The Labute approximate surface area is 223 Å². The fourth-order valence-electron chi connectivity index (χ4n) is 4.99. The molecule has 2 aromatic heterocycles. The lowest BCUT2D eigenvalue weighted by molar-refractivity contribution is -0.594. The van der Waals surface area contributed by atoms with Gasteiger partial charge in [0.05, 0.1) is 26.0 Å². The van der Waals surface area contributed by atoms with Crippen molar-refractivity contribution in [1.82, 2.24) is 15.0 Å². The minimum absolute atomic E-state index is 0.282. The summed E-state index contributed by atoms with van der Waals surface area (Å²) in [6, 6.07) is 11.8. The maximum atomic E-state index is 14.2. The average Bonchev–Trinajstić information content (AvgIpc) is 3.56. The van der Waals surface area contributed by atoms with Crippen molar-refractivity contribution in [2.24, 2.45) is 0 Å². The first kappa shape index (κ1) is 24.6. The first-order valence-corrected chi connectivity index (χ1v) is 12.7.